The second kappa shape index (κ2) is 16.7. The molecule has 0 aliphatic carbocycles. The van der Waals surface area contributed by atoms with Crippen LogP contribution in [0.25, 0.3) is 29.3 Å². The van der Waals surface area contributed by atoms with Crippen molar-refractivity contribution < 1.29 is 0 Å². The maximum absolute atomic E-state index is 5.61. The van der Waals surface area contributed by atoms with Crippen LogP contribution in [0.4, 0.5) is 0 Å². The van der Waals surface area contributed by atoms with E-state index in [9.17, 15) is 0 Å². The lowest BCUT2D eigenvalue weighted by atomic mass is 9.93. The number of aryl methyl sites for hydroxylation is 1. The molecule has 0 aliphatic heterocycles. The third kappa shape index (κ3) is 10.4. The SMILES string of the molecule is Cc1cc(C(C)(C)C)sc1-c1ccc(-c2cc(C(C)CCCCCCCCCCCCCN)c(-c3ccc(C(C)(C)C)s3)s2)s1. The molecular weight excluding hydrogens is 623 g/mol. The first-order valence-corrected chi connectivity index (χ1v) is 20.8. The molecule has 4 aromatic rings. The Balaban J connectivity index is 1.43. The van der Waals surface area contributed by atoms with Gasteiger partial charge in [0.15, 0.2) is 0 Å². The maximum Gasteiger partial charge on any atom is 0.0484 e. The van der Waals surface area contributed by atoms with Crippen molar-refractivity contribution in [3.63, 3.8) is 0 Å². The Labute approximate surface area is 291 Å². The third-order valence-corrected chi connectivity index (χ3v) is 14.9. The van der Waals surface area contributed by atoms with E-state index in [-0.39, 0.29) is 10.8 Å². The average molecular weight is 682 g/mol. The van der Waals surface area contributed by atoms with E-state index in [4.69, 9.17) is 5.73 Å². The van der Waals surface area contributed by atoms with E-state index in [2.05, 4.69) is 91.8 Å². The van der Waals surface area contributed by atoms with Crippen LogP contribution in [0, 0.1) is 6.92 Å². The second-order valence-electron chi connectivity index (χ2n) is 15.2. The summed E-state index contributed by atoms with van der Waals surface area (Å²) in [6.45, 7) is 19.6. The Morgan fingerprint density at radius 1 is 0.556 bits per heavy atom. The number of hydrogen-bond acceptors (Lipinski definition) is 5. The van der Waals surface area contributed by atoms with Crippen LogP contribution in [0.15, 0.2) is 36.4 Å². The molecular formula is C40H59NS4. The van der Waals surface area contributed by atoms with Crippen molar-refractivity contribution in [1.29, 1.82) is 0 Å². The summed E-state index contributed by atoms with van der Waals surface area (Å²) < 4.78 is 0. The molecule has 0 saturated heterocycles. The van der Waals surface area contributed by atoms with E-state index in [1.54, 1.807) is 5.56 Å². The molecule has 0 bridgehead atoms. The van der Waals surface area contributed by atoms with Crippen LogP contribution >= 0.6 is 45.3 Å². The summed E-state index contributed by atoms with van der Waals surface area (Å²) >= 11 is 7.97. The van der Waals surface area contributed by atoms with Crippen LogP contribution in [0.2, 0.25) is 0 Å². The molecule has 0 amide bonds. The van der Waals surface area contributed by atoms with Crippen LogP contribution in [-0.2, 0) is 10.8 Å². The summed E-state index contributed by atoms with van der Waals surface area (Å²) in [6.07, 6.45) is 16.3. The van der Waals surface area contributed by atoms with E-state index in [1.807, 2.05) is 45.3 Å². The predicted molar refractivity (Wildman–Crippen MR) is 209 cm³/mol. The van der Waals surface area contributed by atoms with Crippen molar-refractivity contribution in [3.8, 4) is 29.3 Å². The van der Waals surface area contributed by atoms with E-state index in [0.717, 1.165) is 6.54 Å². The predicted octanol–water partition coefficient (Wildman–Crippen LogP) is 14.6. The quantitative estimate of drug-likeness (QED) is 0.110. The molecule has 45 heavy (non-hydrogen) atoms. The lowest BCUT2D eigenvalue weighted by molar-refractivity contribution is 0.530. The van der Waals surface area contributed by atoms with E-state index < -0.39 is 0 Å². The largest absolute Gasteiger partial charge is 0.330 e. The highest BCUT2D eigenvalue weighted by Crippen LogP contribution is 2.49. The van der Waals surface area contributed by atoms with Crippen LogP contribution in [0.3, 0.4) is 0 Å². The molecule has 4 rings (SSSR count). The average Bonchev–Trinajstić information content (AvgIpc) is 3.77. The van der Waals surface area contributed by atoms with Gasteiger partial charge in [0.25, 0.3) is 0 Å². The summed E-state index contributed by atoms with van der Waals surface area (Å²) in [6, 6.07) is 14.4. The van der Waals surface area contributed by atoms with Crippen molar-refractivity contribution in [2.24, 2.45) is 5.73 Å². The molecule has 248 valence electrons. The highest BCUT2D eigenvalue weighted by atomic mass is 32.1. The molecule has 0 saturated carbocycles. The Hall–Kier alpha value is -1.24. The molecule has 0 aromatic carbocycles. The molecule has 0 radical (unpaired) electrons. The first-order valence-electron chi connectivity index (χ1n) is 17.5. The lowest BCUT2D eigenvalue weighted by Gasteiger charge is -2.15. The fourth-order valence-corrected chi connectivity index (χ4v) is 10.9. The summed E-state index contributed by atoms with van der Waals surface area (Å²) in [5, 5.41) is 0. The van der Waals surface area contributed by atoms with Crippen LogP contribution < -0.4 is 5.73 Å². The molecule has 1 nitrogen and oxygen atoms in total. The second-order valence-corrected chi connectivity index (χ2v) is 19.5. The first-order chi connectivity index (χ1) is 21.4. The zero-order chi connectivity index (χ0) is 32.6. The number of thiophene rings is 4. The normalized spacial score (nSPS) is 13.2. The molecule has 5 heteroatoms. The highest BCUT2D eigenvalue weighted by molar-refractivity contribution is 7.28. The van der Waals surface area contributed by atoms with Gasteiger partial charge in [-0.1, -0.05) is 113 Å². The molecule has 0 spiro atoms. The monoisotopic (exact) mass is 681 g/mol. The van der Waals surface area contributed by atoms with Gasteiger partial charge in [-0.3, -0.25) is 0 Å². The smallest absolute Gasteiger partial charge is 0.0484 e. The number of unbranched alkanes of at least 4 members (excludes halogenated alkanes) is 10. The lowest BCUT2D eigenvalue weighted by Crippen LogP contribution is -2.07. The van der Waals surface area contributed by atoms with Crippen LogP contribution in [0.1, 0.15) is 152 Å². The van der Waals surface area contributed by atoms with Crippen molar-refractivity contribution in [2.45, 2.75) is 149 Å². The van der Waals surface area contributed by atoms with E-state index in [1.165, 1.54) is 122 Å². The Bertz CT molecular complexity index is 1450. The number of rotatable bonds is 17. The van der Waals surface area contributed by atoms with E-state index in [0.29, 0.717) is 5.92 Å². The maximum atomic E-state index is 5.61. The van der Waals surface area contributed by atoms with Gasteiger partial charge in [-0.15, -0.1) is 45.3 Å². The zero-order valence-electron chi connectivity index (χ0n) is 29.4. The topological polar surface area (TPSA) is 26.0 Å². The third-order valence-electron chi connectivity index (χ3n) is 8.93. The van der Waals surface area contributed by atoms with Crippen molar-refractivity contribution in [3.05, 3.63) is 57.3 Å². The van der Waals surface area contributed by atoms with Gasteiger partial charge in [-0.05, 0) is 90.6 Å². The van der Waals surface area contributed by atoms with Crippen LogP contribution in [-0.4, -0.2) is 6.54 Å². The molecule has 0 fully saturated rings. The molecule has 4 heterocycles. The van der Waals surface area contributed by atoms with Crippen molar-refractivity contribution in [1.82, 2.24) is 0 Å². The summed E-state index contributed by atoms with van der Waals surface area (Å²) in [4.78, 5) is 11.6. The molecule has 2 N–H and O–H groups in total. The van der Waals surface area contributed by atoms with Gasteiger partial charge in [-0.2, -0.15) is 0 Å². The molecule has 0 aliphatic rings. The Morgan fingerprint density at radius 2 is 1.09 bits per heavy atom. The fraction of sp³-hybridized carbons (Fsp3) is 0.600. The fourth-order valence-electron chi connectivity index (χ4n) is 5.98. The first kappa shape index (κ1) is 36.6. The zero-order valence-corrected chi connectivity index (χ0v) is 32.7. The van der Waals surface area contributed by atoms with Gasteiger partial charge in [0, 0.05) is 39.0 Å². The summed E-state index contributed by atoms with van der Waals surface area (Å²) in [5.74, 6) is 0.576. The Kier molecular flexibility index (Phi) is 13.6. The van der Waals surface area contributed by atoms with Gasteiger partial charge in [0.1, 0.15) is 0 Å². The summed E-state index contributed by atoms with van der Waals surface area (Å²) in [5.41, 5.74) is 8.96. The summed E-state index contributed by atoms with van der Waals surface area (Å²) in [7, 11) is 0. The standard InChI is InChI=1S/C40H59NS4/c1-28(20-18-16-14-12-10-9-11-13-15-17-19-25-41)30-27-34(44-38(30)33-23-24-35(43-33)39(3,4)5)31-21-22-32(42-31)37-29(2)26-36(45-37)40(6,7)8/h21-24,26-28H,9-20,25,41H2,1-8H3. The van der Waals surface area contributed by atoms with Crippen molar-refractivity contribution >= 4 is 45.3 Å². The molecule has 1 unspecified atom stereocenters. The number of hydrogen-bond donors (Lipinski definition) is 1. The van der Waals surface area contributed by atoms with Gasteiger partial charge in [0.05, 0.1) is 0 Å². The number of nitrogens with two attached hydrogens (primary N) is 1. The van der Waals surface area contributed by atoms with Gasteiger partial charge >= 0.3 is 0 Å². The molecule has 1 atom stereocenters. The van der Waals surface area contributed by atoms with Crippen LogP contribution in [0.5, 0.6) is 0 Å². The minimum Gasteiger partial charge on any atom is -0.330 e. The minimum atomic E-state index is 0.187. The van der Waals surface area contributed by atoms with Gasteiger partial charge in [0.2, 0.25) is 0 Å². The Morgan fingerprint density at radius 3 is 1.64 bits per heavy atom. The van der Waals surface area contributed by atoms with Crippen molar-refractivity contribution in [2.75, 3.05) is 6.54 Å². The molecule has 4 aromatic heterocycles. The minimum absolute atomic E-state index is 0.187. The van der Waals surface area contributed by atoms with E-state index >= 15 is 0 Å². The van der Waals surface area contributed by atoms with Gasteiger partial charge in [-0.25, -0.2) is 0 Å². The highest BCUT2D eigenvalue weighted by Gasteiger charge is 2.23. The van der Waals surface area contributed by atoms with Gasteiger partial charge < -0.3 is 5.73 Å².